The average Bonchev–Trinajstić information content (AvgIpc) is 2.28. The van der Waals surface area contributed by atoms with Crippen molar-refractivity contribution in [2.75, 3.05) is 25.5 Å². The standard InChI is InChI=1S/C14H23N3O/c1-11(2)16-14(18)10-15-9-12-5-7-13(8-6-12)17(3)4/h5-8,11,15H,9-10H2,1-4H3,(H,16,18). The Morgan fingerprint density at radius 3 is 2.33 bits per heavy atom. The first kappa shape index (κ1) is 14.5. The van der Waals surface area contributed by atoms with Gasteiger partial charge >= 0.3 is 0 Å². The third-order valence-corrected chi connectivity index (χ3v) is 2.52. The minimum Gasteiger partial charge on any atom is -0.378 e. The summed E-state index contributed by atoms with van der Waals surface area (Å²) in [5, 5.41) is 5.97. The van der Waals surface area contributed by atoms with Crippen LogP contribution in [0, 0.1) is 0 Å². The summed E-state index contributed by atoms with van der Waals surface area (Å²) in [4.78, 5) is 13.5. The van der Waals surface area contributed by atoms with E-state index in [4.69, 9.17) is 0 Å². The van der Waals surface area contributed by atoms with Gasteiger partial charge in [-0.15, -0.1) is 0 Å². The molecule has 4 nitrogen and oxygen atoms in total. The number of hydrogen-bond acceptors (Lipinski definition) is 3. The Morgan fingerprint density at radius 1 is 1.22 bits per heavy atom. The first-order valence-corrected chi connectivity index (χ1v) is 6.25. The summed E-state index contributed by atoms with van der Waals surface area (Å²) in [6, 6.07) is 8.49. The molecule has 1 aromatic rings. The average molecular weight is 249 g/mol. The third-order valence-electron chi connectivity index (χ3n) is 2.52. The number of nitrogens with zero attached hydrogens (tertiary/aromatic N) is 1. The minimum absolute atomic E-state index is 0.0370. The number of benzene rings is 1. The monoisotopic (exact) mass is 249 g/mol. The van der Waals surface area contributed by atoms with Crippen LogP contribution in [0.5, 0.6) is 0 Å². The molecule has 2 N–H and O–H groups in total. The summed E-state index contributed by atoms with van der Waals surface area (Å²) in [5.74, 6) is 0.0370. The van der Waals surface area contributed by atoms with Gasteiger partial charge in [0.2, 0.25) is 5.91 Å². The molecule has 1 amide bonds. The molecule has 0 unspecified atom stereocenters. The van der Waals surface area contributed by atoms with E-state index < -0.39 is 0 Å². The summed E-state index contributed by atoms with van der Waals surface area (Å²) in [6.45, 7) is 4.97. The van der Waals surface area contributed by atoms with Crippen LogP contribution in [0.1, 0.15) is 19.4 Å². The number of carbonyl (C=O) groups excluding carboxylic acids is 1. The molecule has 0 aliphatic rings. The lowest BCUT2D eigenvalue weighted by atomic mass is 10.2. The summed E-state index contributed by atoms with van der Waals surface area (Å²) >= 11 is 0. The zero-order chi connectivity index (χ0) is 13.5. The molecule has 0 spiro atoms. The maximum atomic E-state index is 11.4. The van der Waals surface area contributed by atoms with Crippen LogP contribution in [0.25, 0.3) is 0 Å². The lowest BCUT2D eigenvalue weighted by Gasteiger charge is -2.13. The van der Waals surface area contributed by atoms with Crippen molar-refractivity contribution in [3.8, 4) is 0 Å². The van der Waals surface area contributed by atoms with Gasteiger partial charge in [0.25, 0.3) is 0 Å². The molecule has 0 aliphatic carbocycles. The predicted octanol–water partition coefficient (Wildman–Crippen LogP) is 1.37. The highest BCUT2D eigenvalue weighted by atomic mass is 16.1. The van der Waals surface area contributed by atoms with Crippen LogP contribution in [-0.2, 0) is 11.3 Å². The van der Waals surface area contributed by atoms with Crippen LogP contribution in [0.2, 0.25) is 0 Å². The molecule has 0 fully saturated rings. The molecular weight excluding hydrogens is 226 g/mol. The van der Waals surface area contributed by atoms with Gasteiger partial charge in [-0.2, -0.15) is 0 Å². The first-order chi connectivity index (χ1) is 8.49. The largest absolute Gasteiger partial charge is 0.378 e. The molecule has 18 heavy (non-hydrogen) atoms. The van der Waals surface area contributed by atoms with Gasteiger partial charge in [0.05, 0.1) is 6.54 Å². The smallest absolute Gasteiger partial charge is 0.234 e. The van der Waals surface area contributed by atoms with Crippen LogP contribution >= 0.6 is 0 Å². The Hall–Kier alpha value is -1.55. The van der Waals surface area contributed by atoms with Crippen molar-refractivity contribution in [3.05, 3.63) is 29.8 Å². The second kappa shape index (κ2) is 7.01. The molecule has 0 heterocycles. The quantitative estimate of drug-likeness (QED) is 0.800. The molecule has 0 aliphatic heterocycles. The molecule has 4 heteroatoms. The lowest BCUT2D eigenvalue weighted by Crippen LogP contribution is -2.37. The summed E-state index contributed by atoms with van der Waals surface area (Å²) in [5.41, 5.74) is 2.36. The highest BCUT2D eigenvalue weighted by molar-refractivity contribution is 5.78. The fourth-order valence-corrected chi connectivity index (χ4v) is 1.61. The Bertz CT molecular complexity index is 371. The van der Waals surface area contributed by atoms with E-state index in [1.54, 1.807) is 0 Å². The second-order valence-electron chi connectivity index (χ2n) is 4.89. The second-order valence-corrected chi connectivity index (χ2v) is 4.89. The van der Waals surface area contributed by atoms with E-state index in [2.05, 4.69) is 39.8 Å². The van der Waals surface area contributed by atoms with Crippen molar-refractivity contribution in [1.82, 2.24) is 10.6 Å². The molecule has 1 rings (SSSR count). The van der Waals surface area contributed by atoms with Crippen LogP contribution in [0.3, 0.4) is 0 Å². The maximum absolute atomic E-state index is 11.4. The summed E-state index contributed by atoms with van der Waals surface area (Å²) in [7, 11) is 4.03. The summed E-state index contributed by atoms with van der Waals surface area (Å²) < 4.78 is 0. The van der Waals surface area contributed by atoms with Crippen molar-refractivity contribution in [2.24, 2.45) is 0 Å². The zero-order valence-corrected chi connectivity index (χ0v) is 11.7. The molecule has 1 aromatic carbocycles. The van der Waals surface area contributed by atoms with E-state index in [9.17, 15) is 4.79 Å². The van der Waals surface area contributed by atoms with Gasteiger partial charge in [-0.1, -0.05) is 12.1 Å². The predicted molar refractivity (Wildman–Crippen MR) is 75.8 cm³/mol. The molecular formula is C14H23N3O. The van der Waals surface area contributed by atoms with Crippen molar-refractivity contribution >= 4 is 11.6 Å². The van der Waals surface area contributed by atoms with E-state index in [1.807, 2.05) is 27.9 Å². The zero-order valence-electron chi connectivity index (χ0n) is 11.7. The normalized spacial score (nSPS) is 10.5. The number of amides is 1. The summed E-state index contributed by atoms with van der Waals surface area (Å²) in [6.07, 6.45) is 0. The molecule has 0 saturated heterocycles. The Kier molecular flexibility index (Phi) is 5.65. The fraction of sp³-hybridized carbons (Fsp3) is 0.500. The van der Waals surface area contributed by atoms with Crippen molar-refractivity contribution < 1.29 is 4.79 Å². The Labute approximate surface area is 109 Å². The highest BCUT2D eigenvalue weighted by Gasteiger charge is 2.02. The van der Waals surface area contributed by atoms with Crippen LogP contribution in [-0.4, -0.2) is 32.6 Å². The highest BCUT2D eigenvalue weighted by Crippen LogP contribution is 2.11. The maximum Gasteiger partial charge on any atom is 0.234 e. The number of carbonyl (C=O) groups is 1. The third kappa shape index (κ3) is 5.19. The SMILES string of the molecule is CC(C)NC(=O)CNCc1ccc(N(C)C)cc1. The number of rotatable bonds is 6. The van der Waals surface area contributed by atoms with Crippen molar-refractivity contribution in [3.63, 3.8) is 0 Å². The van der Waals surface area contributed by atoms with Gasteiger partial charge in [0.1, 0.15) is 0 Å². The van der Waals surface area contributed by atoms with Gasteiger partial charge in [-0.3, -0.25) is 4.79 Å². The molecule has 0 atom stereocenters. The fourth-order valence-electron chi connectivity index (χ4n) is 1.61. The minimum atomic E-state index is 0.0370. The van der Waals surface area contributed by atoms with Crippen LogP contribution in [0.4, 0.5) is 5.69 Å². The topological polar surface area (TPSA) is 44.4 Å². The number of hydrogen-bond donors (Lipinski definition) is 2. The van der Waals surface area contributed by atoms with Gasteiger partial charge in [-0.25, -0.2) is 0 Å². The first-order valence-electron chi connectivity index (χ1n) is 6.25. The number of anilines is 1. The number of nitrogens with one attached hydrogen (secondary N) is 2. The Balaban J connectivity index is 2.33. The lowest BCUT2D eigenvalue weighted by molar-refractivity contribution is -0.120. The van der Waals surface area contributed by atoms with Crippen molar-refractivity contribution in [1.29, 1.82) is 0 Å². The molecule has 0 bridgehead atoms. The van der Waals surface area contributed by atoms with E-state index in [-0.39, 0.29) is 11.9 Å². The Morgan fingerprint density at radius 2 is 1.83 bits per heavy atom. The van der Waals surface area contributed by atoms with Gasteiger partial charge in [-0.05, 0) is 31.5 Å². The van der Waals surface area contributed by atoms with Gasteiger partial charge in [0.15, 0.2) is 0 Å². The van der Waals surface area contributed by atoms with Gasteiger partial charge < -0.3 is 15.5 Å². The van der Waals surface area contributed by atoms with E-state index >= 15 is 0 Å². The molecule has 0 radical (unpaired) electrons. The molecule has 100 valence electrons. The molecule has 0 aromatic heterocycles. The van der Waals surface area contributed by atoms with Gasteiger partial charge in [0, 0.05) is 32.4 Å². The van der Waals surface area contributed by atoms with E-state index in [0.717, 1.165) is 0 Å². The van der Waals surface area contributed by atoms with E-state index in [0.29, 0.717) is 13.1 Å². The van der Waals surface area contributed by atoms with Crippen LogP contribution < -0.4 is 15.5 Å². The molecule has 0 saturated carbocycles. The van der Waals surface area contributed by atoms with Crippen molar-refractivity contribution in [2.45, 2.75) is 26.4 Å². The van der Waals surface area contributed by atoms with E-state index in [1.165, 1.54) is 11.3 Å². The van der Waals surface area contributed by atoms with Crippen LogP contribution in [0.15, 0.2) is 24.3 Å².